The summed E-state index contributed by atoms with van der Waals surface area (Å²) in [4.78, 5) is 4.11. The molecule has 1 aliphatic rings. The van der Waals surface area contributed by atoms with Gasteiger partial charge in [0.25, 0.3) is 0 Å². The molecule has 0 amide bonds. The fraction of sp³-hybridized carbons (Fsp3) is 0.308. The van der Waals surface area contributed by atoms with Gasteiger partial charge in [0.2, 0.25) is 0 Å². The van der Waals surface area contributed by atoms with Gasteiger partial charge in [0, 0.05) is 18.8 Å². The van der Waals surface area contributed by atoms with E-state index in [9.17, 15) is 0 Å². The first-order valence-electron chi connectivity index (χ1n) is 5.01. The molecule has 0 bridgehead atoms. The van der Waals surface area contributed by atoms with E-state index in [1.807, 2.05) is 12.4 Å². The zero-order valence-corrected chi connectivity index (χ0v) is 8.75. The van der Waals surface area contributed by atoms with E-state index >= 15 is 0 Å². The van der Waals surface area contributed by atoms with Gasteiger partial charge in [-0.15, -0.1) is 0 Å². The van der Waals surface area contributed by atoms with Crippen LogP contribution in [0.2, 0.25) is 0 Å². The smallest absolute Gasteiger partial charge is 0.0263 e. The van der Waals surface area contributed by atoms with Gasteiger partial charge in [-0.3, -0.25) is 4.99 Å². The van der Waals surface area contributed by atoms with E-state index in [0.717, 1.165) is 12.8 Å². The lowest BCUT2D eigenvalue weighted by atomic mass is 10.0. The Bertz CT molecular complexity index is 400. The van der Waals surface area contributed by atoms with Crippen molar-refractivity contribution in [3.63, 3.8) is 0 Å². The Morgan fingerprint density at radius 2 is 2.07 bits per heavy atom. The van der Waals surface area contributed by atoms with Gasteiger partial charge < -0.3 is 0 Å². The second kappa shape index (κ2) is 3.79. The summed E-state index contributed by atoms with van der Waals surface area (Å²) >= 11 is 0. The van der Waals surface area contributed by atoms with Gasteiger partial charge in [0.15, 0.2) is 0 Å². The van der Waals surface area contributed by atoms with Crippen LogP contribution in [0.25, 0.3) is 0 Å². The van der Waals surface area contributed by atoms with E-state index in [2.05, 4.69) is 37.0 Å². The Balaban J connectivity index is 2.14. The lowest BCUT2D eigenvalue weighted by Gasteiger charge is -2.05. The van der Waals surface area contributed by atoms with Gasteiger partial charge in [-0.05, 0) is 42.5 Å². The number of benzene rings is 1. The molecule has 0 N–H and O–H groups in total. The predicted molar refractivity (Wildman–Crippen MR) is 60.8 cm³/mol. The van der Waals surface area contributed by atoms with Crippen LogP contribution in [-0.2, 0) is 6.42 Å². The summed E-state index contributed by atoms with van der Waals surface area (Å²) in [6, 6.07) is 6.68. The molecule has 1 heteroatoms. The molecular formula is C13H15N. The highest BCUT2D eigenvalue weighted by molar-refractivity contribution is 5.65. The number of aryl methyl sites for hydroxylation is 2. The first-order valence-corrected chi connectivity index (χ1v) is 5.01. The van der Waals surface area contributed by atoms with E-state index in [-0.39, 0.29) is 0 Å². The zero-order chi connectivity index (χ0) is 9.97. The fourth-order valence-corrected chi connectivity index (χ4v) is 1.67. The minimum Gasteiger partial charge on any atom is -0.269 e. The maximum absolute atomic E-state index is 4.11. The minimum atomic E-state index is 1.02. The monoisotopic (exact) mass is 185 g/mol. The Hall–Kier alpha value is -1.37. The highest BCUT2D eigenvalue weighted by Crippen LogP contribution is 2.16. The first-order chi connectivity index (χ1) is 6.75. The molecule has 1 aromatic rings. The molecule has 14 heavy (non-hydrogen) atoms. The molecule has 0 aliphatic carbocycles. The van der Waals surface area contributed by atoms with Crippen LogP contribution in [0.15, 0.2) is 35.0 Å². The largest absolute Gasteiger partial charge is 0.269 e. The molecule has 0 fully saturated rings. The Kier molecular flexibility index (Phi) is 2.49. The van der Waals surface area contributed by atoms with E-state index in [1.165, 1.54) is 22.3 Å². The molecule has 1 nitrogen and oxygen atoms in total. The van der Waals surface area contributed by atoms with Crippen LogP contribution in [0.4, 0.5) is 0 Å². The molecule has 0 aromatic heterocycles. The zero-order valence-electron chi connectivity index (χ0n) is 8.75. The van der Waals surface area contributed by atoms with Crippen LogP contribution in [0.1, 0.15) is 23.1 Å². The maximum Gasteiger partial charge on any atom is 0.0263 e. The normalized spacial score (nSPS) is 14.6. The molecule has 0 saturated heterocycles. The lowest BCUT2D eigenvalue weighted by molar-refractivity contribution is 1.10. The van der Waals surface area contributed by atoms with Crippen molar-refractivity contribution in [3.05, 3.63) is 46.7 Å². The number of allylic oxidation sites excluding steroid dienone is 1. The first kappa shape index (κ1) is 9.20. The van der Waals surface area contributed by atoms with Crippen molar-refractivity contribution >= 4 is 6.21 Å². The summed E-state index contributed by atoms with van der Waals surface area (Å²) in [5.41, 5.74) is 5.55. The van der Waals surface area contributed by atoms with Crippen LogP contribution in [0, 0.1) is 13.8 Å². The molecule has 0 atom stereocenters. The van der Waals surface area contributed by atoms with Gasteiger partial charge in [-0.25, -0.2) is 0 Å². The molecule has 0 saturated carbocycles. The van der Waals surface area contributed by atoms with Crippen molar-refractivity contribution in [2.45, 2.75) is 26.7 Å². The lowest BCUT2D eigenvalue weighted by Crippen LogP contribution is -1.91. The van der Waals surface area contributed by atoms with Crippen molar-refractivity contribution in [2.75, 3.05) is 0 Å². The van der Waals surface area contributed by atoms with Crippen molar-refractivity contribution < 1.29 is 0 Å². The van der Waals surface area contributed by atoms with Gasteiger partial charge in [0.1, 0.15) is 0 Å². The Morgan fingerprint density at radius 3 is 2.71 bits per heavy atom. The van der Waals surface area contributed by atoms with Crippen LogP contribution >= 0.6 is 0 Å². The van der Waals surface area contributed by atoms with E-state index in [1.54, 1.807) is 0 Å². The van der Waals surface area contributed by atoms with Crippen molar-refractivity contribution in [3.8, 4) is 0 Å². The predicted octanol–water partition coefficient (Wildman–Crippen LogP) is 3.20. The minimum absolute atomic E-state index is 1.02. The number of hydrogen-bond donors (Lipinski definition) is 0. The van der Waals surface area contributed by atoms with Crippen LogP contribution < -0.4 is 0 Å². The Labute approximate surface area is 85.2 Å². The molecule has 1 heterocycles. The molecule has 72 valence electrons. The highest BCUT2D eigenvalue weighted by Gasteiger charge is 2.03. The number of hydrogen-bond acceptors (Lipinski definition) is 1. The molecule has 1 aromatic carbocycles. The molecule has 2 rings (SSSR count). The molecule has 1 aliphatic heterocycles. The third kappa shape index (κ3) is 1.92. The molecule has 0 unspecified atom stereocenters. The highest BCUT2D eigenvalue weighted by atomic mass is 14.7. The van der Waals surface area contributed by atoms with Crippen LogP contribution in [0.3, 0.4) is 0 Å². The van der Waals surface area contributed by atoms with Gasteiger partial charge in [-0.1, -0.05) is 18.2 Å². The second-order valence-electron chi connectivity index (χ2n) is 3.92. The third-order valence-corrected chi connectivity index (χ3v) is 2.72. The van der Waals surface area contributed by atoms with E-state index in [0.29, 0.717) is 0 Å². The average Bonchev–Trinajstić information content (AvgIpc) is 2.64. The summed E-state index contributed by atoms with van der Waals surface area (Å²) in [5, 5.41) is 0. The third-order valence-electron chi connectivity index (χ3n) is 2.72. The number of aliphatic imine (C=N–C) groups is 1. The van der Waals surface area contributed by atoms with E-state index < -0.39 is 0 Å². The molecular weight excluding hydrogens is 170 g/mol. The number of nitrogens with zero attached hydrogens (tertiary/aromatic N) is 1. The van der Waals surface area contributed by atoms with Crippen LogP contribution in [-0.4, -0.2) is 6.21 Å². The summed E-state index contributed by atoms with van der Waals surface area (Å²) in [6.07, 6.45) is 6.01. The van der Waals surface area contributed by atoms with Crippen LogP contribution in [0.5, 0.6) is 0 Å². The summed E-state index contributed by atoms with van der Waals surface area (Å²) in [5.74, 6) is 0. The van der Waals surface area contributed by atoms with Crippen molar-refractivity contribution in [1.29, 1.82) is 0 Å². The van der Waals surface area contributed by atoms with Gasteiger partial charge >= 0.3 is 0 Å². The van der Waals surface area contributed by atoms with Gasteiger partial charge in [0.05, 0.1) is 0 Å². The quantitative estimate of drug-likeness (QED) is 0.671. The summed E-state index contributed by atoms with van der Waals surface area (Å²) in [7, 11) is 0. The van der Waals surface area contributed by atoms with E-state index in [4.69, 9.17) is 0 Å². The second-order valence-corrected chi connectivity index (χ2v) is 3.92. The maximum atomic E-state index is 4.11. The standard InChI is InChI=1S/C13H15N/c1-10-3-4-12(7-11(10)2)8-13-5-6-14-9-13/h3-4,6-7,9H,5,8H2,1-2H3. The topological polar surface area (TPSA) is 12.4 Å². The molecule has 0 radical (unpaired) electrons. The van der Waals surface area contributed by atoms with Gasteiger partial charge in [-0.2, -0.15) is 0 Å². The SMILES string of the molecule is Cc1ccc(CC2=CN=CC2)cc1C. The van der Waals surface area contributed by atoms with Crippen molar-refractivity contribution in [2.24, 2.45) is 4.99 Å². The average molecular weight is 185 g/mol. The number of rotatable bonds is 2. The van der Waals surface area contributed by atoms with Crippen molar-refractivity contribution in [1.82, 2.24) is 0 Å². The summed E-state index contributed by atoms with van der Waals surface area (Å²) < 4.78 is 0. The molecule has 0 spiro atoms. The fourth-order valence-electron chi connectivity index (χ4n) is 1.67. The Morgan fingerprint density at radius 1 is 1.21 bits per heavy atom. The summed E-state index contributed by atoms with van der Waals surface area (Å²) in [6.45, 7) is 4.31.